The van der Waals surface area contributed by atoms with Crippen LogP contribution in [0.5, 0.6) is 5.75 Å². The molecule has 0 spiro atoms. The number of phosphoric acid groups is 1. The largest absolute Gasteiger partial charge is 0.524 e. The third-order valence-electron chi connectivity index (χ3n) is 3.49. The number of hydrogen-bond acceptors (Lipinski definition) is 6. The van der Waals surface area contributed by atoms with Crippen molar-refractivity contribution >= 4 is 35.1 Å². The molecule has 0 aliphatic rings. The van der Waals surface area contributed by atoms with Crippen LogP contribution in [-0.4, -0.2) is 34.7 Å². The lowest BCUT2D eigenvalue weighted by Gasteiger charge is -2.11. The van der Waals surface area contributed by atoms with Gasteiger partial charge in [0.15, 0.2) is 9.01 Å². The van der Waals surface area contributed by atoms with Crippen LogP contribution in [0.3, 0.4) is 0 Å². The normalized spacial score (nSPS) is 13.1. The lowest BCUT2D eigenvalue weighted by Crippen LogP contribution is -2.30. The highest BCUT2D eigenvalue weighted by Gasteiger charge is 2.24. The van der Waals surface area contributed by atoms with Gasteiger partial charge in [0.2, 0.25) is 5.91 Å². The van der Waals surface area contributed by atoms with Gasteiger partial charge in [-0.05, 0) is 38.5 Å². The molecule has 0 saturated carbocycles. The first-order valence-electron chi connectivity index (χ1n) is 8.40. The molecule has 0 unspecified atom stereocenters. The number of benzene rings is 1. The van der Waals surface area contributed by atoms with Crippen molar-refractivity contribution in [2.75, 3.05) is 0 Å². The van der Waals surface area contributed by atoms with Crippen LogP contribution in [0.25, 0.3) is 0 Å². The second-order valence-electron chi connectivity index (χ2n) is 6.48. The van der Waals surface area contributed by atoms with E-state index in [9.17, 15) is 17.8 Å². The summed E-state index contributed by atoms with van der Waals surface area (Å²) in [4.78, 5) is 33.4. The number of nitrogens with one attached hydrogen (secondary N) is 1. The summed E-state index contributed by atoms with van der Waals surface area (Å²) >= 11 is 0.891. The molecule has 0 saturated heterocycles. The van der Waals surface area contributed by atoms with Crippen LogP contribution in [0.15, 0.2) is 33.5 Å². The van der Waals surface area contributed by atoms with E-state index in [0.717, 1.165) is 11.3 Å². The zero-order valence-corrected chi connectivity index (χ0v) is 18.7. The van der Waals surface area contributed by atoms with Crippen molar-refractivity contribution in [2.24, 2.45) is 4.99 Å². The van der Waals surface area contributed by atoms with Crippen molar-refractivity contribution in [3.8, 4) is 5.75 Å². The molecule has 160 valence electrons. The molecule has 0 fully saturated rings. The fraction of sp³-hybridized carbons (Fsp3) is 0.375. The lowest BCUT2D eigenvalue weighted by atomic mass is 10.2. The Balaban J connectivity index is 2.47. The van der Waals surface area contributed by atoms with Crippen LogP contribution in [0.1, 0.15) is 32.0 Å². The summed E-state index contributed by atoms with van der Waals surface area (Å²) in [7, 11) is -8.43. The van der Waals surface area contributed by atoms with Crippen molar-refractivity contribution in [3.63, 3.8) is 0 Å². The molecular weight excluding hydrogens is 441 g/mol. The topological polar surface area (TPSA) is 147 Å². The van der Waals surface area contributed by atoms with Crippen LogP contribution >= 0.6 is 19.2 Å². The van der Waals surface area contributed by atoms with E-state index < -0.39 is 23.8 Å². The standard InChI is InChI=1S/C16H22N3O7PS2/c1-10(2)18-29(24,25)15-11(3)19(16(28-15)17-12(4)20)9-13-5-7-14(8-6-13)26-27(21,22)23/h5-8,10,18H,9H2,1-4H3,(H2,21,22,23). The fourth-order valence-electron chi connectivity index (χ4n) is 2.46. The van der Waals surface area contributed by atoms with E-state index in [1.165, 1.54) is 19.1 Å². The predicted octanol–water partition coefficient (Wildman–Crippen LogP) is 1.51. The Morgan fingerprint density at radius 3 is 2.38 bits per heavy atom. The molecule has 2 rings (SSSR count). The number of amides is 1. The first-order chi connectivity index (χ1) is 13.3. The number of carbonyl (C=O) groups is 1. The Morgan fingerprint density at radius 1 is 1.31 bits per heavy atom. The summed E-state index contributed by atoms with van der Waals surface area (Å²) in [6.45, 7) is 6.50. The highest BCUT2D eigenvalue weighted by Crippen LogP contribution is 2.37. The zero-order chi connectivity index (χ0) is 22.0. The molecule has 0 aliphatic heterocycles. The molecule has 0 radical (unpaired) electrons. The monoisotopic (exact) mass is 463 g/mol. The highest BCUT2D eigenvalue weighted by molar-refractivity contribution is 7.91. The minimum atomic E-state index is -4.66. The van der Waals surface area contributed by atoms with Gasteiger partial charge in [0.25, 0.3) is 10.0 Å². The van der Waals surface area contributed by atoms with Gasteiger partial charge in [-0.15, -0.1) is 0 Å². The minimum Gasteiger partial charge on any atom is -0.404 e. The third-order valence-corrected chi connectivity index (χ3v) is 7.39. The van der Waals surface area contributed by atoms with E-state index in [1.807, 2.05) is 0 Å². The molecule has 2 aromatic rings. The maximum atomic E-state index is 12.6. The Morgan fingerprint density at radius 2 is 1.90 bits per heavy atom. The number of nitrogens with zero attached hydrogens (tertiary/aromatic N) is 2. The quantitative estimate of drug-likeness (QED) is 0.527. The van der Waals surface area contributed by atoms with Crippen LogP contribution < -0.4 is 14.0 Å². The van der Waals surface area contributed by atoms with Gasteiger partial charge in [0.05, 0.1) is 6.54 Å². The van der Waals surface area contributed by atoms with Crippen molar-refractivity contribution in [3.05, 3.63) is 40.3 Å². The van der Waals surface area contributed by atoms with Gasteiger partial charge in [-0.1, -0.05) is 23.5 Å². The number of sulfonamides is 1. The molecule has 29 heavy (non-hydrogen) atoms. The molecule has 1 aromatic heterocycles. The average Bonchev–Trinajstić information content (AvgIpc) is 2.83. The average molecular weight is 463 g/mol. The molecule has 0 atom stereocenters. The first-order valence-corrected chi connectivity index (χ1v) is 12.2. The number of rotatable bonds is 7. The van der Waals surface area contributed by atoms with Crippen LogP contribution in [0.4, 0.5) is 0 Å². The summed E-state index contributed by atoms with van der Waals surface area (Å²) in [5.74, 6) is -0.474. The second kappa shape index (κ2) is 8.90. The van der Waals surface area contributed by atoms with Crippen molar-refractivity contribution < 1.29 is 32.1 Å². The maximum absolute atomic E-state index is 12.6. The second-order valence-corrected chi connectivity index (χ2v) is 10.5. The van der Waals surface area contributed by atoms with E-state index in [2.05, 4.69) is 14.2 Å². The molecule has 10 nitrogen and oxygen atoms in total. The van der Waals surface area contributed by atoms with Crippen molar-refractivity contribution in [1.29, 1.82) is 0 Å². The van der Waals surface area contributed by atoms with Crippen molar-refractivity contribution in [1.82, 2.24) is 9.29 Å². The van der Waals surface area contributed by atoms with Crippen LogP contribution in [0, 0.1) is 6.92 Å². The minimum absolute atomic E-state index is 0.00725. The molecular formula is C16H22N3O7PS2. The molecule has 0 aliphatic carbocycles. The number of aromatic nitrogens is 1. The molecule has 1 heterocycles. The van der Waals surface area contributed by atoms with E-state index in [0.29, 0.717) is 11.3 Å². The van der Waals surface area contributed by atoms with Gasteiger partial charge >= 0.3 is 7.82 Å². The molecule has 1 aromatic carbocycles. The maximum Gasteiger partial charge on any atom is 0.524 e. The van der Waals surface area contributed by atoms with Crippen molar-refractivity contribution in [2.45, 2.75) is 44.5 Å². The lowest BCUT2D eigenvalue weighted by molar-refractivity contribution is -0.116. The SMILES string of the molecule is CC(=O)N=c1sc(S(=O)(=O)NC(C)C)c(C)n1Cc1ccc(OP(=O)(O)O)cc1. The highest BCUT2D eigenvalue weighted by atomic mass is 32.2. The van der Waals surface area contributed by atoms with E-state index >= 15 is 0 Å². The molecule has 13 heteroatoms. The number of phosphoric ester groups is 1. The van der Waals surface area contributed by atoms with E-state index in [-0.39, 0.29) is 27.3 Å². The first kappa shape index (κ1) is 23.5. The van der Waals surface area contributed by atoms with Gasteiger partial charge in [0, 0.05) is 18.7 Å². The zero-order valence-electron chi connectivity index (χ0n) is 16.2. The van der Waals surface area contributed by atoms with Gasteiger partial charge in [-0.25, -0.2) is 17.7 Å². The third kappa shape index (κ3) is 6.59. The van der Waals surface area contributed by atoms with Gasteiger partial charge in [0.1, 0.15) is 5.75 Å². The Bertz CT molecular complexity index is 1110. The fourth-order valence-corrected chi connectivity index (χ4v) is 5.80. The Kier molecular flexibility index (Phi) is 7.20. The van der Waals surface area contributed by atoms with Crippen LogP contribution in [0.2, 0.25) is 0 Å². The van der Waals surface area contributed by atoms with E-state index in [1.54, 1.807) is 37.5 Å². The molecule has 1 amide bonds. The van der Waals surface area contributed by atoms with Gasteiger partial charge in [-0.3, -0.25) is 14.6 Å². The van der Waals surface area contributed by atoms with E-state index in [4.69, 9.17) is 9.79 Å². The summed E-state index contributed by atoms with van der Waals surface area (Å²) in [5, 5.41) is 0. The molecule has 3 N–H and O–H groups in total. The van der Waals surface area contributed by atoms with Crippen LogP contribution in [-0.2, 0) is 25.9 Å². The Hall–Kier alpha value is -1.82. The van der Waals surface area contributed by atoms with Gasteiger partial charge < -0.3 is 9.09 Å². The number of hydrogen-bond donors (Lipinski definition) is 3. The molecule has 0 bridgehead atoms. The summed E-state index contributed by atoms with van der Waals surface area (Å²) in [6.07, 6.45) is 0. The number of carbonyl (C=O) groups excluding carboxylic acids is 1. The van der Waals surface area contributed by atoms with Gasteiger partial charge in [-0.2, -0.15) is 4.99 Å². The summed E-state index contributed by atoms with van der Waals surface area (Å²) in [5.41, 5.74) is 1.11. The number of thiazole rings is 1. The Labute approximate surface area is 172 Å². The smallest absolute Gasteiger partial charge is 0.404 e. The predicted molar refractivity (Wildman–Crippen MR) is 107 cm³/mol. The summed E-state index contributed by atoms with van der Waals surface area (Å²) < 4.78 is 44.8. The summed E-state index contributed by atoms with van der Waals surface area (Å²) in [6, 6.07) is 5.62.